The molecule has 2 amide bonds. The number of H-pyrrole nitrogens is 2. The summed E-state index contributed by atoms with van der Waals surface area (Å²) in [6.45, 7) is 3.38. The number of amides is 2. The van der Waals surface area contributed by atoms with E-state index in [1.54, 1.807) is 52.4 Å². The summed E-state index contributed by atoms with van der Waals surface area (Å²) in [6.07, 6.45) is 13.6. The molecule has 16 nitrogen and oxygen atoms in total. The van der Waals surface area contributed by atoms with Crippen molar-refractivity contribution in [2.45, 2.75) is 44.4 Å². The van der Waals surface area contributed by atoms with Crippen LogP contribution in [0.1, 0.15) is 75.7 Å². The van der Waals surface area contributed by atoms with Gasteiger partial charge in [0.05, 0.1) is 35.2 Å². The molecule has 11 rings (SSSR count). The van der Waals surface area contributed by atoms with Crippen LogP contribution in [0.25, 0.3) is 39.4 Å². The Bertz CT molecular complexity index is 3230. The summed E-state index contributed by atoms with van der Waals surface area (Å²) >= 11 is 0. The lowest BCUT2D eigenvalue weighted by Crippen LogP contribution is -2.44. The van der Waals surface area contributed by atoms with Gasteiger partial charge in [-0.25, -0.2) is 0 Å². The number of ether oxygens (including phenoxy) is 1. The normalized spacial score (nSPS) is 18.4. The van der Waals surface area contributed by atoms with E-state index >= 15 is 0 Å². The minimum absolute atomic E-state index is 0.000805. The molecule has 336 valence electrons. The summed E-state index contributed by atoms with van der Waals surface area (Å²) in [5, 5.41) is 18.3. The first-order chi connectivity index (χ1) is 32.7. The highest BCUT2D eigenvalue weighted by Gasteiger charge is 2.72. The topological polar surface area (TPSA) is 189 Å². The molecule has 1 spiro atoms. The molecule has 3 fully saturated rings. The van der Waals surface area contributed by atoms with Gasteiger partial charge in [0.25, 0.3) is 23.4 Å². The van der Waals surface area contributed by atoms with Crippen LogP contribution in [0.5, 0.6) is 5.75 Å². The van der Waals surface area contributed by atoms with Crippen molar-refractivity contribution in [1.29, 1.82) is 0 Å². The Hall–Kier alpha value is -8.01. The van der Waals surface area contributed by atoms with Crippen LogP contribution < -0.4 is 9.30 Å². The molecule has 0 bridgehead atoms. The summed E-state index contributed by atoms with van der Waals surface area (Å²) in [5.74, 6) is -0.278. The second-order valence-electron chi connectivity index (χ2n) is 17.8. The lowest BCUT2D eigenvalue weighted by molar-refractivity contribution is -0.561. The first-order valence-corrected chi connectivity index (χ1v) is 22.6. The van der Waals surface area contributed by atoms with Gasteiger partial charge >= 0.3 is 5.82 Å². The number of aromatic nitrogens is 8. The zero-order chi connectivity index (χ0) is 45.9. The fraction of sp³-hybridized carbons (Fsp3) is 0.275. The number of allylic oxidation sites excluding steroid dienone is 1. The Kier molecular flexibility index (Phi) is 10.2. The maximum Gasteiger partial charge on any atom is 0.337 e. The Morgan fingerprint density at radius 1 is 0.821 bits per heavy atom. The van der Waals surface area contributed by atoms with E-state index in [0.29, 0.717) is 91.7 Å². The van der Waals surface area contributed by atoms with E-state index in [0.717, 1.165) is 34.0 Å². The van der Waals surface area contributed by atoms with Crippen molar-refractivity contribution in [3.63, 3.8) is 0 Å². The van der Waals surface area contributed by atoms with Crippen molar-refractivity contribution in [2.24, 2.45) is 11.3 Å². The number of hydrogen-bond donors (Lipinski definition) is 2. The number of aromatic amines is 2. The molecule has 5 aromatic heterocycles. The number of fused-ring (bicyclic) bond motifs is 2. The zero-order valence-electron chi connectivity index (χ0n) is 37.0. The molecule has 1 unspecified atom stereocenters. The van der Waals surface area contributed by atoms with Crippen molar-refractivity contribution in [3.8, 4) is 11.6 Å². The lowest BCUT2D eigenvalue weighted by Gasteiger charge is -2.34. The molecule has 2 N–H and O–H groups in total. The number of nitrogens with zero attached hydrogens (tertiary/aromatic N) is 8. The van der Waals surface area contributed by atoms with Gasteiger partial charge in [0, 0.05) is 67.2 Å². The Balaban J connectivity index is 0.880. The molecule has 2 saturated heterocycles. The largest absolute Gasteiger partial charge is 0.492 e. The van der Waals surface area contributed by atoms with Crippen LogP contribution in [0.2, 0.25) is 0 Å². The van der Waals surface area contributed by atoms with Gasteiger partial charge in [0.15, 0.2) is 5.75 Å². The number of carbonyl (C=O) groups excluding carboxylic acids is 4. The third-order valence-corrected chi connectivity index (χ3v) is 14.3. The van der Waals surface area contributed by atoms with E-state index in [1.165, 1.54) is 7.11 Å². The fourth-order valence-corrected chi connectivity index (χ4v) is 10.8. The van der Waals surface area contributed by atoms with Crippen LogP contribution in [0, 0.1) is 18.3 Å². The quantitative estimate of drug-likeness (QED) is 0.0822. The number of hydrogen-bond acceptors (Lipinski definition) is 10. The van der Waals surface area contributed by atoms with Crippen LogP contribution in [0.3, 0.4) is 0 Å². The standard InChI is InChI=1S/C51H46N10O6/c1-32-55-56-49(67-32)51(35-13-7-4-8-14-35)31-50(51)19-24-59(25-20-50)48(65)45(63)38-28-53-43-42(38)41(66-2)30-60(46(43)61-26-21-54-57-61)29-39(33-11-5-3-6-12-33)34-17-22-58(23-18-34)47(64)44(62)37-27-52-40-16-10-9-15-36(37)40/h3-16,21,26-30,34H,17-20,22-25,31H2,1-2H3,(H,52,62)/p+1. The number of piperidine rings is 2. The zero-order valence-corrected chi connectivity index (χ0v) is 37.0. The predicted octanol–water partition coefficient (Wildman–Crippen LogP) is 6.52. The number of likely N-dealkylation sites (tertiary alicyclic amines) is 2. The van der Waals surface area contributed by atoms with Crippen molar-refractivity contribution < 1.29 is 32.9 Å². The highest BCUT2D eigenvalue weighted by molar-refractivity contribution is 6.45. The molecule has 8 aromatic rings. The maximum atomic E-state index is 14.4. The van der Waals surface area contributed by atoms with Gasteiger partial charge in [0.2, 0.25) is 11.8 Å². The van der Waals surface area contributed by atoms with Gasteiger partial charge in [-0.2, -0.15) is 4.57 Å². The molecule has 1 atom stereocenters. The van der Waals surface area contributed by atoms with Crippen LogP contribution >= 0.6 is 0 Å². The van der Waals surface area contributed by atoms with Crippen molar-refractivity contribution in [3.05, 3.63) is 150 Å². The van der Waals surface area contributed by atoms with E-state index in [2.05, 4.69) is 42.6 Å². The average Bonchev–Trinajstić information content (AvgIpc) is 4.05. The summed E-state index contributed by atoms with van der Waals surface area (Å²) in [7, 11) is 1.53. The Labute approximate surface area is 384 Å². The third kappa shape index (κ3) is 6.93. The van der Waals surface area contributed by atoms with E-state index in [9.17, 15) is 19.2 Å². The summed E-state index contributed by atoms with van der Waals surface area (Å²) in [6, 6.07) is 27.7. The third-order valence-electron chi connectivity index (χ3n) is 14.3. The van der Waals surface area contributed by atoms with E-state index in [-0.39, 0.29) is 16.9 Å². The highest BCUT2D eigenvalue weighted by Crippen LogP contribution is 2.72. The number of para-hydroxylation sites is 1. The van der Waals surface area contributed by atoms with Gasteiger partial charge in [-0.1, -0.05) is 83.5 Å². The Morgan fingerprint density at radius 3 is 2.18 bits per heavy atom. The number of methoxy groups -OCH3 is 1. The molecule has 67 heavy (non-hydrogen) atoms. The number of ketones is 2. The molecule has 1 aliphatic carbocycles. The fourth-order valence-electron chi connectivity index (χ4n) is 10.8. The second kappa shape index (κ2) is 16.5. The first-order valence-electron chi connectivity index (χ1n) is 22.6. The monoisotopic (exact) mass is 895 g/mol. The van der Waals surface area contributed by atoms with Gasteiger partial charge in [-0.3, -0.25) is 19.2 Å². The number of carbonyl (C=O) groups is 4. The summed E-state index contributed by atoms with van der Waals surface area (Å²) < 4.78 is 15.6. The van der Waals surface area contributed by atoms with Gasteiger partial charge in [-0.15, -0.1) is 15.3 Å². The number of nitrogens with one attached hydrogen (secondary N) is 2. The van der Waals surface area contributed by atoms with Gasteiger partial charge in [0.1, 0.15) is 24.1 Å². The Morgan fingerprint density at radius 2 is 1.49 bits per heavy atom. The highest BCUT2D eigenvalue weighted by atomic mass is 16.5. The van der Waals surface area contributed by atoms with Crippen molar-refractivity contribution >= 4 is 57.0 Å². The summed E-state index contributed by atoms with van der Waals surface area (Å²) in [4.78, 5) is 65.5. The van der Waals surface area contributed by atoms with E-state index in [4.69, 9.17) is 9.15 Å². The van der Waals surface area contributed by atoms with Crippen LogP contribution in [0.4, 0.5) is 0 Å². The molecule has 2 aliphatic heterocycles. The average molecular weight is 896 g/mol. The van der Waals surface area contributed by atoms with E-state index in [1.807, 2.05) is 83.6 Å². The molecule has 3 aromatic carbocycles. The number of benzene rings is 3. The molecule has 3 aliphatic rings. The first kappa shape index (κ1) is 41.7. The predicted molar refractivity (Wildman–Crippen MR) is 246 cm³/mol. The molecular formula is C51H47N10O6+. The van der Waals surface area contributed by atoms with Crippen molar-refractivity contribution in [2.75, 3.05) is 33.3 Å². The number of aryl methyl sites for hydroxylation is 1. The molecule has 7 heterocycles. The van der Waals surface area contributed by atoms with Gasteiger partial charge in [-0.05, 0) is 60.6 Å². The van der Waals surface area contributed by atoms with Crippen molar-refractivity contribution in [1.82, 2.24) is 45.0 Å². The lowest BCUT2D eigenvalue weighted by atomic mass is 9.80. The number of rotatable bonds is 11. The minimum Gasteiger partial charge on any atom is -0.492 e. The molecular weight excluding hydrogens is 849 g/mol. The minimum atomic E-state index is -0.648. The van der Waals surface area contributed by atoms with E-state index < -0.39 is 28.8 Å². The van der Waals surface area contributed by atoms with Crippen LogP contribution in [-0.2, 0) is 15.0 Å². The smallest absolute Gasteiger partial charge is 0.337 e. The maximum absolute atomic E-state index is 14.4. The number of Topliss-reactive ketones (excluding diaryl/α,β-unsaturated/α-hetero) is 2. The second-order valence-corrected chi connectivity index (χ2v) is 17.8. The molecule has 16 heteroatoms. The molecule has 0 radical (unpaired) electrons. The molecule has 1 saturated carbocycles. The van der Waals surface area contributed by atoms with Gasteiger partial charge < -0.3 is 28.9 Å². The SMILES string of the molecule is COc1c[n+](C=C(c2ccccc2)C2CCN(C(=O)C(=O)c3c[nH]c4ccccc34)CC2)c(-n2ccnn2)c2[nH]cc(C(=O)C(=O)N3CCC4(CC3)CC4(c3ccccc3)c3nnc(C)o3)c12. The van der Waals surface area contributed by atoms with Crippen LogP contribution in [0.15, 0.2) is 120 Å². The number of pyridine rings is 1. The van der Waals surface area contributed by atoms with Crippen LogP contribution in [-0.4, -0.2) is 102 Å². The summed E-state index contributed by atoms with van der Waals surface area (Å²) in [5.41, 5.74) is 4.32.